The topological polar surface area (TPSA) is 53.1 Å². The third-order valence-corrected chi connectivity index (χ3v) is 4.88. The van der Waals surface area contributed by atoms with Crippen molar-refractivity contribution in [3.8, 4) is 0 Å². The van der Waals surface area contributed by atoms with E-state index in [2.05, 4.69) is 32.6 Å². The first-order valence-electron chi connectivity index (χ1n) is 12.0. The van der Waals surface area contributed by atoms with Crippen LogP contribution in [0.15, 0.2) is 0 Å². The van der Waals surface area contributed by atoms with Gasteiger partial charge >= 0.3 is 0 Å². The molecule has 0 atom stereocenters. The molecular weight excluding hydrogens is 390 g/mol. The largest absolute Gasteiger partial charge is 0.380 e. The molecule has 0 heterocycles. The Kier molecular flexibility index (Phi) is 16.2. The van der Waals surface area contributed by atoms with E-state index in [0.29, 0.717) is 32.7 Å². The van der Waals surface area contributed by atoms with Gasteiger partial charge in [0.15, 0.2) is 0 Å². The van der Waals surface area contributed by atoms with Gasteiger partial charge in [0.05, 0.1) is 13.2 Å². The highest BCUT2D eigenvalue weighted by molar-refractivity contribution is 5.78. The second kappa shape index (κ2) is 15.6. The van der Waals surface area contributed by atoms with Crippen molar-refractivity contribution < 1.29 is 14.3 Å². The quantitative estimate of drug-likeness (QED) is 0.400. The van der Waals surface area contributed by atoms with Gasteiger partial charge in [0, 0.05) is 55.9 Å². The Labute approximate surface area is 193 Å². The molecule has 0 aliphatic rings. The summed E-state index contributed by atoms with van der Waals surface area (Å²) < 4.78 is 6.10. The lowest BCUT2D eigenvalue weighted by Gasteiger charge is -2.36. The fourth-order valence-corrected chi connectivity index (χ4v) is 3.28. The van der Waals surface area contributed by atoms with Crippen LogP contribution < -0.4 is 0 Å². The molecule has 0 saturated carbocycles. The smallest absolute Gasteiger partial charge is 0.225 e. The summed E-state index contributed by atoms with van der Waals surface area (Å²) in [5.74, 6) is 0.366. The number of carbonyl (C=O) groups excluding carboxylic acids is 2. The van der Waals surface area contributed by atoms with Crippen molar-refractivity contribution in [3.05, 3.63) is 0 Å². The van der Waals surface area contributed by atoms with Crippen molar-refractivity contribution >= 4 is 11.8 Å². The number of hydrogen-bond donors (Lipinski definition) is 0. The Morgan fingerprint density at radius 3 is 1.65 bits per heavy atom. The van der Waals surface area contributed by atoms with Crippen LogP contribution in [0, 0.1) is 16.7 Å². The Morgan fingerprint density at radius 1 is 0.839 bits per heavy atom. The highest BCUT2D eigenvalue weighted by atomic mass is 16.5. The molecule has 0 aromatic rings. The van der Waals surface area contributed by atoms with Gasteiger partial charge in [0.25, 0.3) is 0 Å². The van der Waals surface area contributed by atoms with Gasteiger partial charge in [-0.3, -0.25) is 9.59 Å². The van der Waals surface area contributed by atoms with Gasteiger partial charge in [0.1, 0.15) is 0 Å². The van der Waals surface area contributed by atoms with Crippen molar-refractivity contribution in [1.82, 2.24) is 14.7 Å². The maximum Gasteiger partial charge on any atom is 0.225 e. The lowest BCUT2D eigenvalue weighted by atomic mass is 9.91. The van der Waals surface area contributed by atoms with E-state index in [4.69, 9.17) is 4.74 Å². The molecule has 0 bridgehead atoms. The van der Waals surface area contributed by atoms with Gasteiger partial charge in [0.2, 0.25) is 11.8 Å². The van der Waals surface area contributed by atoms with E-state index >= 15 is 0 Å². The molecule has 31 heavy (non-hydrogen) atoms. The van der Waals surface area contributed by atoms with E-state index < -0.39 is 0 Å². The summed E-state index contributed by atoms with van der Waals surface area (Å²) in [5, 5.41) is 0. The minimum absolute atomic E-state index is 0.0102. The second-order valence-corrected chi connectivity index (χ2v) is 10.3. The van der Waals surface area contributed by atoms with Gasteiger partial charge in [-0.05, 0) is 21.0 Å². The molecule has 0 aromatic carbocycles. The van der Waals surface area contributed by atoms with Gasteiger partial charge in [-0.15, -0.1) is 0 Å². The SMILES string of the molecule is CC.CCC(=O)N(CC)CC(C)(C)COCC(C)(C)CN(CCN(C)C)C(=O)C(C)C. The lowest BCUT2D eigenvalue weighted by Crippen LogP contribution is -2.46. The van der Waals surface area contributed by atoms with Crippen LogP contribution in [0.4, 0.5) is 0 Å². The highest BCUT2D eigenvalue weighted by Crippen LogP contribution is 2.23. The number of rotatable bonds is 14. The zero-order chi connectivity index (χ0) is 24.8. The highest BCUT2D eigenvalue weighted by Gasteiger charge is 2.29. The van der Waals surface area contributed by atoms with E-state index in [0.717, 1.165) is 19.6 Å². The molecule has 6 nitrogen and oxygen atoms in total. The molecule has 0 rings (SSSR count). The maximum absolute atomic E-state index is 12.6. The summed E-state index contributed by atoms with van der Waals surface area (Å²) in [6.07, 6.45) is 0.532. The fourth-order valence-electron chi connectivity index (χ4n) is 3.28. The number of ether oxygens (including phenoxy) is 1. The van der Waals surface area contributed by atoms with Crippen LogP contribution in [0.3, 0.4) is 0 Å². The number of nitrogens with zero attached hydrogens (tertiary/aromatic N) is 3. The zero-order valence-electron chi connectivity index (χ0n) is 22.8. The Balaban J connectivity index is 0. The molecule has 186 valence electrons. The third-order valence-electron chi connectivity index (χ3n) is 4.88. The first kappa shape index (κ1) is 32.0. The van der Waals surface area contributed by atoms with Crippen molar-refractivity contribution in [2.45, 2.75) is 75.7 Å². The minimum atomic E-state index is -0.142. The number of carbonyl (C=O) groups is 2. The maximum atomic E-state index is 12.6. The number of likely N-dealkylation sites (N-methyl/N-ethyl adjacent to an activating group) is 1. The van der Waals surface area contributed by atoms with Crippen molar-refractivity contribution in [2.75, 3.05) is 60.0 Å². The average molecular weight is 444 g/mol. The number of hydrogen-bond acceptors (Lipinski definition) is 4. The van der Waals surface area contributed by atoms with E-state index in [1.807, 2.05) is 65.4 Å². The van der Waals surface area contributed by atoms with E-state index in [1.165, 1.54) is 0 Å². The lowest BCUT2D eigenvalue weighted by molar-refractivity contribution is -0.136. The van der Waals surface area contributed by atoms with Gasteiger partial charge in [-0.2, -0.15) is 0 Å². The molecule has 0 N–H and O–H groups in total. The Hall–Kier alpha value is -1.14. The summed E-state index contributed by atoms with van der Waals surface area (Å²) in [6, 6.07) is 0. The van der Waals surface area contributed by atoms with Crippen molar-refractivity contribution in [2.24, 2.45) is 16.7 Å². The first-order chi connectivity index (χ1) is 14.2. The predicted molar refractivity (Wildman–Crippen MR) is 132 cm³/mol. The molecule has 0 fully saturated rings. The van der Waals surface area contributed by atoms with Crippen molar-refractivity contribution in [3.63, 3.8) is 0 Å². The summed E-state index contributed by atoms with van der Waals surface area (Å²) in [5.41, 5.74) is -0.258. The van der Waals surface area contributed by atoms with Crippen LogP contribution in [0.2, 0.25) is 0 Å². The monoisotopic (exact) mass is 443 g/mol. The summed E-state index contributed by atoms with van der Waals surface area (Å²) in [7, 11) is 4.05. The standard InChI is InChI=1S/C23H47N3O3.C2H6/c1-11-20(27)25(12-2)15-22(5,6)17-29-18-23(7,8)16-26(14-13-24(9)10)21(28)19(3)4;1-2/h19H,11-18H2,1-10H3;1-2H3. The van der Waals surface area contributed by atoms with Crippen LogP contribution in [-0.4, -0.2) is 86.5 Å². The van der Waals surface area contributed by atoms with Gasteiger partial charge in [-0.25, -0.2) is 0 Å². The fraction of sp³-hybridized carbons (Fsp3) is 0.920. The molecule has 0 saturated heterocycles. The molecule has 0 aromatic heterocycles. The second-order valence-electron chi connectivity index (χ2n) is 10.3. The van der Waals surface area contributed by atoms with Crippen LogP contribution in [0.5, 0.6) is 0 Å². The Bertz CT molecular complexity index is 502. The molecule has 0 aliphatic carbocycles. The molecule has 0 spiro atoms. The molecule has 6 heteroatoms. The van der Waals surface area contributed by atoms with Gasteiger partial charge in [-0.1, -0.05) is 62.3 Å². The first-order valence-corrected chi connectivity index (χ1v) is 12.0. The normalized spacial score (nSPS) is 11.9. The molecule has 0 aliphatic heterocycles. The van der Waals surface area contributed by atoms with Crippen LogP contribution in [0.25, 0.3) is 0 Å². The van der Waals surface area contributed by atoms with Crippen molar-refractivity contribution in [1.29, 1.82) is 0 Å². The van der Waals surface area contributed by atoms with E-state index in [9.17, 15) is 9.59 Å². The predicted octanol–water partition coefficient (Wildman–Crippen LogP) is 4.39. The third kappa shape index (κ3) is 14.5. The molecule has 0 radical (unpaired) electrons. The van der Waals surface area contributed by atoms with Crippen LogP contribution in [0.1, 0.15) is 75.7 Å². The summed E-state index contributed by atoms with van der Waals surface area (Å²) >= 11 is 0. The molecule has 2 amide bonds. The van der Waals surface area contributed by atoms with E-state index in [1.54, 1.807) is 0 Å². The van der Waals surface area contributed by atoms with Gasteiger partial charge < -0.3 is 19.4 Å². The van der Waals surface area contributed by atoms with Crippen LogP contribution >= 0.6 is 0 Å². The van der Waals surface area contributed by atoms with Crippen LogP contribution in [-0.2, 0) is 14.3 Å². The summed E-state index contributed by atoms with van der Waals surface area (Å²) in [4.78, 5) is 30.7. The minimum Gasteiger partial charge on any atom is -0.380 e. The molecule has 0 unspecified atom stereocenters. The summed E-state index contributed by atoms with van der Waals surface area (Å²) in [6.45, 7) is 25.2. The van der Waals surface area contributed by atoms with E-state index in [-0.39, 0.29) is 28.6 Å². The average Bonchev–Trinajstić information content (AvgIpc) is 2.69. The zero-order valence-corrected chi connectivity index (χ0v) is 22.8. The Morgan fingerprint density at radius 2 is 1.29 bits per heavy atom. The molecular formula is C25H53N3O3. The number of amides is 2.